The van der Waals surface area contributed by atoms with Gasteiger partial charge in [0.1, 0.15) is 12.0 Å². The monoisotopic (exact) mass is 223 g/mol. The molecule has 1 unspecified atom stereocenters. The Morgan fingerprint density at radius 3 is 2.31 bits per heavy atom. The van der Waals surface area contributed by atoms with Crippen molar-refractivity contribution in [1.82, 2.24) is 5.32 Å². The van der Waals surface area contributed by atoms with E-state index in [-0.39, 0.29) is 5.54 Å². The Morgan fingerprint density at radius 1 is 1.31 bits per heavy atom. The molecule has 0 saturated heterocycles. The number of aliphatic hydroxyl groups excluding tert-OH is 1. The number of nitrogens with one attached hydrogen (secondary N) is 1. The van der Waals surface area contributed by atoms with E-state index in [9.17, 15) is 5.11 Å². The lowest BCUT2D eigenvalue weighted by atomic mass is 9.95. The molecular formula is C13H21NO2. The molecule has 0 aromatic heterocycles. The minimum atomic E-state index is -0.492. The third-order valence-electron chi connectivity index (χ3n) is 2.40. The van der Waals surface area contributed by atoms with Crippen molar-refractivity contribution in [2.24, 2.45) is 0 Å². The Balaban J connectivity index is 2.64. The van der Waals surface area contributed by atoms with E-state index >= 15 is 0 Å². The lowest BCUT2D eigenvalue weighted by Gasteiger charge is -2.28. The molecule has 0 aliphatic carbocycles. The van der Waals surface area contributed by atoms with Crippen LogP contribution in [0.3, 0.4) is 0 Å². The number of ether oxygens (including phenoxy) is 1. The Hall–Kier alpha value is -1.06. The first-order chi connectivity index (χ1) is 7.43. The van der Waals surface area contributed by atoms with E-state index in [0.29, 0.717) is 0 Å². The molecule has 90 valence electrons. The zero-order chi connectivity index (χ0) is 12.2. The topological polar surface area (TPSA) is 41.5 Å². The second-order valence-corrected chi connectivity index (χ2v) is 4.73. The van der Waals surface area contributed by atoms with Gasteiger partial charge in [-0.25, -0.2) is 0 Å². The maximum Gasteiger partial charge on any atom is 0.118 e. The Labute approximate surface area is 97.4 Å². The smallest absolute Gasteiger partial charge is 0.118 e. The van der Waals surface area contributed by atoms with E-state index < -0.39 is 6.23 Å². The molecule has 0 fully saturated rings. The molecule has 16 heavy (non-hydrogen) atoms. The largest absolute Gasteiger partial charge is 0.497 e. The summed E-state index contributed by atoms with van der Waals surface area (Å²) < 4.78 is 5.11. The van der Waals surface area contributed by atoms with Crippen molar-refractivity contribution < 1.29 is 9.84 Å². The van der Waals surface area contributed by atoms with Gasteiger partial charge in [0, 0.05) is 5.54 Å². The number of rotatable bonds is 5. The molecule has 0 aliphatic heterocycles. The Kier molecular flexibility index (Phi) is 4.33. The third-order valence-corrected chi connectivity index (χ3v) is 2.40. The van der Waals surface area contributed by atoms with E-state index in [1.807, 2.05) is 24.3 Å². The highest BCUT2D eigenvalue weighted by atomic mass is 16.5. The maximum absolute atomic E-state index is 9.32. The van der Waals surface area contributed by atoms with Crippen molar-refractivity contribution in [2.75, 3.05) is 7.11 Å². The highest BCUT2D eigenvalue weighted by molar-refractivity contribution is 5.28. The maximum atomic E-state index is 9.32. The predicted octanol–water partition coefficient (Wildman–Crippen LogP) is 1.94. The molecule has 2 N–H and O–H groups in total. The van der Waals surface area contributed by atoms with Crippen molar-refractivity contribution in [2.45, 2.75) is 39.0 Å². The van der Waals surface area contributed by atoms with Crippen molar-refractivity contribution in [3.8, 4) is 5.75 Å². The zero-order valence-corrected chi connectivity index (χ0v) is 10.4. The van der Waals surface area contributed by atoms with Crippen molar-refractivity contribution in [3.05, 3.63) is 29.8 Å². The molecule has 0 bridgehead atoms. The highest BCUT2D eigenvalue weighted by Crippen LogP contribution is 2.16. The average molecular weight is 223 g/mol. The highest BCUT2D eigenvalue weighted by Gasteiger charge is 2.19. The van der Waals surface area contributed by atoms with Gasteiger partial charge in [-0.1, -0.05) is 12.1 Å². The van der Waals surface area contributed by atoms with Gasteiger partial charge in [-0.05, 0) is 44.9 Å². The molecule has 0 spiro atoms. The van der Waals surface area contributed by atoms with E-state index in [1.165, 1.54) is 5.56 Å². The summed E-state index contributed by atoms with van der Waals surface area (Å²) in [5.74, 6) is 0.866. The minimum Gasteiger partial charge on any atom is -0.497 e. The quantitative estimate of drug-likeness (QED) is 0.750. The number of benzene rings is 1. The van der Waals surface area contributed by atoms with Gasteiger partial charge in [-0.15, -0.1) is 0 Å². The normalized spacial score (nSPS) is 13.6. The fourth-order valence-corrected chi connectivity index (χ4v) is 1.87. The van der Waals surface area contributed by atoms with Crippen LogP contribution in [-0.4, -0.2) is 24.0 Å². The van der Waals surface area contributed by atoms with E-state index in [0.717, 1.165) is 12.2 Å². The summed E-state index contributed by atoms with van der Waals surface area (Å²) in [5.41, 5.74) is 1.10. The van der Waals surface area contributed by atoms with Crippen LogP contribution in [-0.2, 0) is 6.42 Å². The number of aliphatic hydroxyl groups is 1. The first-order valence-corrected chi connectivity index (χ1v) is 5.52. The Morgan fingerprint density at radius 2 is 1.88 bits per heavy atom. The summed E-state index contributed by atoms with van der Waals surface area (Å²) in [5, 5.41) is 12.4. The lowest BCUT2D eigenvalue weighted by molar-refractivity contribution is 0.118. The molecule has 3 heteroatoms. The lowest BCUT2D eigenvalue weighted by Crippen LogP contribution is -2.46. The molecule has 0 saturated carbocycles. The van der Waals surface area contributed by atoms with Gasteiger partial charge < -0.3 is 9.84 Å². The fourth-order valence-electron chi connectivity index (χ4n) is 1.87. The van der Waals surface area contributed by atoms with Crippen molar-refractivity contribution in [3.63, 3.8) is 0 Å². The zero-order valence-electron chi connectivity index (χ0n) is 10.4. The van der Waals surface area contributed by atoms with Crippen molar-refractivity contribution in [1.29, 1.82) is 0 Å². The molecule has 0 heterocycles. The van der Waals surface area contributed by atoms with Crippen LogP contribution >= 0.6 is 0 Å². The van der Waals surface area contributed by atoms with Gasteiger partial charge >= 0.3 is 0 Å². The predicted molar refractivity (Wildman–Crippen MR) is 65.6 cm³/mol. The van der Waals surface area contributed by atoms with Crippen molar-refractivity contribution >= 4 is 0 Å². The van der Waals surface area contributed by atoms with Crippen LogP contribution in [0.2, 0.25) is 0 Å². The van der Waals surface area contributed by atoms with Crippen LogP contribution in [0.5, 0.6) is 5.75 Å². The SMILES string of the molecule is COc1ccc(CC(C)(C)NC(C)O)cc1. The van der Waals surface area contributed by atoms with Crippen LogP contribution in [0.25, 0.3) is 0 Å². The summed E-state index contributed by atoms with van der Waals surface area (Å²) in [7, 11) is 1.66. The van der Waals surface area contributed by atoms with E-state index in [2.05, 4.69) is 19.2 Å². The molecule has 0 amide bonds. The van der Waals surface area contributed by atoms with Gasteiger partial charge in [0.15, 0.2) is 0 Å². The van der Waals surface area contributed by atoms with Gasteiger partial charge in [0.2, 0.25) is 0 Å². The second-order valence-electron chi connectivity index (χ2n) is 4.73. The number of hydrogen-bond acceptors (Lipinski definition) is 3. The first-order valence-electron chi connectivity index (χ1n) is 5.52. The molecule has 0 aliphatic rings. The van der Waals surface area contributed by atoms with Crippen LogP contribution in [0.15, 0.2) is 24.3 Å². The summed E-state index contributed by atoms with van der Waals surface area (Å²) in [6.45, 7) is 5.88. The standard InChI is InChI=1S/C13H21NO2/c1-10(15)14-13(2,3)9-11-5-7-12(16-4)8-6-11/h5-8,10,14-15H,9H2,1-4H3. The van der Waals surface area contributed by atoms with Crippen LogP contribution in [0.4, 0.5) is 0 Å². The first kappa shape index (κ1) is 13.0. The molecule has 1 atom stereocenters. The van der Waals surface area contributed by atoms with Gasteiger partial charge in [-0.3, -0.25) is 5.32 Å². The summed E-state index contributed by atoms with van der Waals surface area (Å²) in [6.07, 6.45) is 0.371. The van der Waals surface area contributed by atoms with Crippen LogP contribution in [0.1, 0.15) is 26.3 Å². The van der Waals surface area contributed by atoms with Crippen LogP contribution < -0.4 is 10.1 Å². The van der Waals surface area contributed by atoms with Gasteiger partial charge in [0.05, 0.1) is 7.11 Å². The summed E-state index contributed by atoms with van der Waals surface area (Å²) >= 11 is 0. The summed E-state index contributed by atoms with van der Waals surface area (Å²) in [4.78, 5) is 0. The molecule has 1 aromatic rings. The van der Waals surface area contributed by atoms with E-state index in [1.54, 1.807) is 14.0 Å². The number of hydrogen-bond donors (Lipinski definition) is 2. The summed E-state index contributed by atoms with van der Waals surface area (Å²) in [6, 6.07) is 8.00. The molecule has 1 aromatic carbocycles. The molecule has 0 radical (unpaired) electrons. The average Bonchev–Trinajstić information content (AvgIpc) is 2.16. The second kappa shape index (κ2) is 5.32. The van der Waals surface area contributed by atoms with Crippen LogP contribution in [0, 0.1) is 0 Å². The van der Waals surface area contributed by atoms with Gasteiger partial charge in [-0.2, -0.15) is 0 Å². The third kappa shape index (κ3) is 4.21. The molecule has 1 rings (SSSR count). The fraction of sp³-hybridized carbons (Fsp3) is 0.538. The van der Waals surface area contributed by atoms with Gasteiger partial charge in [0.25, 0.3) is 0 Å². The molecule has 3 nitrogen and oxygen atoms in total. The Bertz CT molecular complexity index is 317. The minimum absolute atomic E-state index is 0.122. The number of methoxy groups -OCH3 is 1. The van der Waals surface area contributed by atoms with E-state index in [4.69, 9.17) is 4.74 Å². The molecular weight excluding hydrogens is 202 g/mol.